The second-order valence-electron chi connectivity index (χ2n) is 17.4. The third-order valence-corrected chi connectivity index (χ3v) is 13.5. The number of methoxy groups -OCH3 is 1. The smallest absolute Gasteiger partial charge is 0.316 e. The largest absolute Gasteiger partial charge is 0.462 e. The Hall–Kier alpha value is -1.89. The predicted octanol–water partition coefficient (Wildman–Crippen LogP) is 6.63. The SMILES string of the molecule is CO[C@H]1CC(OC2/C(C)=C/C[C@@H]3C[C@@H](C[C@]4(CC[C@H](C)[C@@H](C5CCCCC5)O4)O3)OC(=O)[C@@H]3C=C(C)C[C@H]4OC/C(=C\C=C\[C@@H]2C)[C@]43O)O[C@@H](C)C1O. The summed E-state index contributed by atoms with van der Waals surface area (Å²) in [6, 6.07) is 0. The van der Waals surface area contributed by atoms with Crippen molar-refractivity contribution in [3.8, 4) is 0 Å². The molecule has 3 unspecified atom stereocenters. The van der Waals surface area contributed by atoms with Gasteiger partial charge in [0.2, 0.25) is 0 Å². The van der Waals surface area contributed by atoms with Crippen LogP contribution in [0.5, 0.6) is 0 Å². The third-order valence-electron chi connectivity index (χ3n) is 13.5. The average molecular weight is 741 g/mol. The highest BCUT2D eigenvalue weighted by Crippen LogP contribution is 2.48. The minimum absolute atomic E-state index is 0.0874. The molecule has 0 amide bonds. The minimum Gasteiger partial charge on any atom is -0.462 e. The van der Waals surface area contributed by atoms with Crippen molar-refractivity contribution >= 4 is 5.97 Å². The molecule has 7 aliphatic rings. The van der Waals surface area contributed by atoms with Crippen molar-refractivity contribution in [2.24, 2.45) is 23.7 Å². The number of aliphatic hydroxyl groups excluding tert-OH is 1. The maximum Gasteiger partial charge on any atom is 0.316 e. The molecule has 7 rings (SSSR count). The number of hydrogen-bond acceptors (Lipinski definition) is 10. The normalized spacial score (nSPS) is 48.5. The van der Waals surface area contributed by atoms with E-state index < -0.39 is 60.1 Å². The van der Waals surface area contributed by atoms with Crippen LogP contribution in [0.2, 0.25) is 0 Å². The Kier molecular flexibility index (Phi) is 12.1. The first-order chi connectivity index (χ1) is 25.4. The molecule has 0 aromatic carbocycles. The molecule has 1 saturated carbocycles. The molecule has 53 heavy (non-hydrogen) atoms. The van der Waals surface area contributed by atoms with Crippen molar-refractivity contribution in [1.82, 2.24) is 0 Å². The van der Waals surface area contributed by atoms with Gasteiger partial charge in [0.25, 0.3) is 0 Å². The molecule has 2 aliphatic carbocycles. The van der Waals surface area contributed by atoms with Gasteiger partial charge in [-0.05, 0) is 75.9 Å². The van der Waals surface area contributed by atoms with Gasteiger partial charge < -0.3 is 43.4 Å². The molecule has 4 saturated heterocycles. The first kappa shape index (κ1) is 39.3. The Balaban J connectivity index is 1.22. The second-order valence-corrected chi connectivity index (χ2v) is 17.4. The van der Waals surface area contributed by atoms with Gasteiger partial charge in [0.05, 0.1) is 43.2 Å². The zero-order valence-corrected chi connectivity index (χ0v) is 32.7. The van der Waals surface area contributed by atoms with E-state index in [1.807, 2.05) is 32.1 Å². The van der Waals surface area contributed by atoms with Crippen molar-refractivity contribution in [3.05, 3.63) is 47.1 Å². The van der Waals surface area contributed by atoms with E-state index in [-0.39, 0.29) is 30.8 Å². The summed E-state index contributed by atoms with van der Waals surface area (Å²) in [5, 5.41) is 23.1. The number of carbonyl (C=O) groups excluding carboxylic acids is 1. The minimum atomic E-state index is -1.51. The molecule has 2 bridgehead atoms. The van der Waals surface area contributed by atoms with Crippen LogP contribution in [0, 0.1) is 23.7 Å². The van der Waals surface area contributed by atoms with Crippen LogP contribution >= 0.6 is 0 Å². The lowest BCUT2D eigenvalue weighted by atomic mass is 9.72. The van der Waals surface area contributed by atoms with E-state index in [0.717, 1.165) is 24.0 Å². The monoisotopic (exact) mass is 740 g/mol. The maximum absolute atomic E-state index is 14.3. The topological polar surface area (TPSA) is 122 Å². The number of esters is 1. The van der Waals surface area contributed by atoms with Crippen molar-refractivity contribution in [2.75, 3.05) is 13.7 Å². The van der Waals surface area contributed by atoms with Gasteiger partial charge >= 0.3 is 5.97 Å². The van der Waals surface area contributed by atoms with Gasteiger partial charge in [-0.25, -0.2) is 0 Å². The lowest BCUT2D eigenvalue weighted by molar-refractivity contribution is -0.342. The summed E-state index contributed by atoms with van der Waals surface area (Å²) in [5.41, 5.74) is 1.19. The number of rotatable bonds is 4. The Morgan fingerprint density at radius 1 is 1.00 bits per heavy atom. The van der Waals surface area contributed by atoms with Crippen LogP contribution < -0.4 is 0 Å². The molecule has 5 heterocycles. The zero-order chi connectivity index (χ0) is 37.5. The van der Waals surface area contributed by atoms with Gasteiger partial charge in [-0.3, -0.25) is 4.79 Å². The van der Waals surface area contributed by atoms with Crippen LogP contribution in [0.4, 0.5) is 0 Å². The van der Waals surface area contributed by atoms with Crippen LogP contribution in [-0.4, -0.2) is 96.4 Å². The highest BCUT2D eigenvalue weighted by atomic mass is 16.7. The van der Waals surface area contributed by atoms with Crippen molar-refractivity contribution in [1.29, 1.82) is 0 Å². The van der Waals surface area contributed by atoms with Crippen molar-refractivity contribution in [2.45, 2.75) is 178 Å². The maximum atomic E-state index is 14.3. The number of ether oxygens (including phenoxy) is 7. The number of hydrogen-bond donors (Lipinski definition) is 2. The van der Waals surface area contributed by atoms with E-state index in [1.54, 1.807) is 7.11 Å². The van der Waals surface area contributed by atoms with Gasteiger partial charge in [-0.15, -0.1) is 0 Å². The van der Waals surface area contributed by atoms with E-state index in [4.69, 9.17) is 33.2 Å². The fraction of sp³-hybridized carbons (Fsp3) is 0.791. The standard InChI is InChI=1S/C43H64O10/c1-25-19-34-41(45)50-33-21-32(52-42(23-33)18-17-28(4)40(53-42)30-12-8-7-9-13-30)16-15-27(3)39(51-37-22-35(47-6)38(44)29(5)49-37)26(2)11-10-14-31-24-48-36(20-25)43(31,34)46/h10-11,14-15,19,26,28-30,32-40,44,46H,7-9,12-13,16-18,20-24H2,1-6H3/b11-10+,27-15+,31-14+/t26-,28-,29-,32+,33-,34-,35-,36+,37?,38?,39?,40-,42+,43+/m0/s1. The van der Waals surface area contributed by atoms with E-state index >= 15 is 0 Å². The molecule has 0 aromatic rings. The van der Waals surface area contributed by atoms with Crippen LogP contribution in [0.15, 0.2) is 47.1 Å². The molecule has 0 radical (unpaired) electrons. The molecule has 14 atom stereocenters. The lowest BCUT2D eigenvalue weighted by Crippen LogP contribution is -2.56. The van der Waals surface area contributed by atoms with Crippen LogP contribution in [0.1, 0.15) is 112 Å². The van der Waals surface area contributed by atoms with E-state index in [0.29, 0.717) is 49.5 Å². The van der Waals surface area contributed by atoms with Crippen LogP contribution in [-0.2, 0) is 38.0 Å². The highest BCUT2D eigenvalue weighted by Gasteiger charge is 2.57. The Labute approximate surface area is 316 Å². The average Bonchev–Trinajstić information content (AvgIpc) is 3.46. The van der Waals surface area contributed by atoms with Crippen LogP contribution in [0.25, 0.3) is 0 Å². The summed E-state index contributed by atoms with van der Waals surface area (Å²) >= 11 is 0. The first-order valence-corrected chi connectivity index (χ1v) is 20.5. The fourth-order valence-electron chi connectivity index (χ4n) is 10.4. The Morgan fingerprint density at radius 3 is 2.57 bits per heavy atom. The van der Waals surface area contributed by atoms with Gasteiger partial charge in [0.15, 0.2) is 12.1 Å². The van der Waals surface area contributed by atoms with E-state index in [2.05, 4.69) is 32.9 Å². The second kappa shape index (κ2) is 16.3. The van der Waals surface area contributed by atoms with Gasteiger partial charge in [-0.2, -0.15) is 0 Å². The summed E-state index contributed by atoms with van der Waals surface area (Å²) in [6.07, 6.45) is 16.8. The number of carbonyl (C=O) groups is 1. The quantitative estimate of drug-likeness (QED) is 0.240. The molecule has 0 aromatic heterocycles. The molecule has 2 N–H and O–H groups in total. The van der Waals surface area contributed by atoms with Crippen molar-refractivity contribution in [3.63, 3.8) is 0 Å². The fourth-order valence-corrected chi connectivity index (χ4v) is 10.4. The number of aliphatic hydroxyl groups is 2. The number of fused-ring (bicyclic) bond motifs is 2. The molecular weight excluding hydrogens is 676 g/mol. The summed E-state index contributed by atoms with van der Waals surface area (Å²) in [7, 11) is 1.61. The van der Waals surface area contributed by atoms with E-state index in [9.17, 15) is 15.0 Å². The Bertz CT molecular complexity index is 1430. The van der Waals surface area contributed by atoms with E-state index in [1.165, 1.54) is 32.1 Å². The predicted molar refractivity (Wildman–Crippen MR) is 199 cm³/mol. The van der Waals surface area contributed by atoms with Gasteiger partial charge in [0.1, 0.15) is 23.7 Å². The molecule has 1 spiro atoms. The van der Waals surface area contributed by atoms with Gasteiger partial charge in [-0.1, -0.05) is 69.1 Å². The highest BCUT2D eigenvalue weighted by molar-refractivity contribution is 5.78. The zero-order valence-electron chi connectivity index (χ0n) is 32.7. The van der Waals surface area contributed by atoms with Crippen molar-refractivity contribution < 1.29 is 48.2 Å². The summed E-state index contributed by atoms with van der Waals surface area (Å²) in [5.74, 6) is -1.29. The summed E-state index contributed by atoms with van der Waals surface area (Å²) in [6.45, 7) is 10.6. The molecule has 5 aliphatic heterocycles. The molecular formula is C43H64O10. The molecule has 5 fully saturated rings. The van der Waals surface area contributed by atoms with Crippen LogP contribution in [0.3, 0.4) is 0 Å². The first-order valence-electron chi connectivity index (χ1n) is 20.5. The molecule has 296 valence electrons. The lowest BCUT2D eigenvalue weighted by Gasteiger charge is -2.51. The summed E-state index contributed by atoms with van der Waals surface area (Å²) in [4.78, 5) is 14.3. The Morgan fingerprint density at radius 2 is 1.79 bits per heavy atom. The molecule has 10 nitrogen and oxygen atoms in total. The molecule has 10 heteroatoms. The number of allylic oxidation sites excluding steroid dienone is 2. The summed E-state index contributed by atoms with van der Waals surface area (Å²) < 4.78 is 45.3. The van der Waals surface area contributed by atoms with Gasteiger partial charge in [0, 0.05) is 38.7 Å². The third kappa shape index (κ3) is 8.18.